The number of carbonyl (C=O) groups excluding carboxylic acids is 1. The third kappa shape index (κ3) is 3.46. The molecule has 0 spiro atoms. The number of rotatable bonds is 3. The van der Waals surface area contributed by atoms with Gasteiger partial charge >= 0.3 is 0 Å². The Morgan fingerprint density at radius 3 is 2.23 bits per heavy atom. The van der Waals surface area contributed by atoms with Crippen molar-refractivity contribution >= 4 is 23.9 Å². The van der Waals surface area contributed by atoms with Gasteiger partial charge in [-0.25, -0.2) is 13.8 Å². The van der Waals surface area contributed by atoms with E-state index in [0.29, 0.717) is 5.84 Å². The van der Waals surface area contributed by atoms with Crippen molar-refractivity contribution in [2.24, 2.45) is 4.99 Å². The lowest BCUT2D eigenvalue weighted by Crippen LogP contribution is -2.26. The SMILES string of the molecule is CN1C(=O)/C(=C/c2cc(F)c(O)c(F)c2)N=C1/C=C/c1ccc(O)cc1. The molecule has 0 aromatic heterocycles. The van der Waals surface area contributed by atoms with E-state index in [4.69, 9.17) is 5.11 Å². The highest BCUT2D eigenvalue weighted by Gasteiger charge is 2.25. The summed E-state index contributed by atoms with van der Waals surface area (Å²) in [5.74, 6) is -3.23. The molecule has 0 bridgehead atoms. The number of nitrogens with zero attached hydrogens (tertiary/aromatic N) is 2. The van der Waals surface area contributed by atoms with Crippen LogP contribution in [0.15, 0.2) is 53.2 Å². The standard InChI is InChI=1S/C19H14F2N2O3/c1-23-17(7-4-11-2-5-13(24)6-3-11)22-16(19(23)26)10-12-8-14(20)18(25)15(21)9-12/h2-10,24-25H,1H3/b7-4+,16-10-. The monoisotopic (exact) mass is 356 g/mol. The van der Waals surface area contributed by atoms with Gasteiger partial charge in [0.05, 0.1) is 0 Å². The number of hydrogen-bond acceptors (Lipinski definition) is 4. The minimum atomic E-state index is -1.12. The first-order valence-corrected chi connectivity index (χ1v) is 7.59. The average Bonchev–Trinajstić information content (AvgIpc) is 2.87. The third-order valence-corrected chi connectivity index (χ3v) is 3.76. The number of phenolic OH excluding ortho intramolecular Hbond substituents is 2. The Kier molecular flexibility index (Phi) is 4.53. The molecule has 2 aromatic carbocycles. The molecular formula is C19H14F2N2O3. The fourth-order valence-electron chi connectivity index (χ4n) is 2.35. The molecule has 1 amide bonds. The maximum atomic E-state index is 13.4. The Hall–Kier alpha value is -3.48. The van der Waals surface area contributed by atoms with Gasteiger partial charge in [-0.1, -0.05) is 18.2 Å². The summed E-state index contributed by atoms with van der Waals surface area (Å²) in [6.07, 6.45) is 4.57. The maximum Gasteiger partial charge on any atom is 0.277 e. The molecule has 132 valence electrons. The summed E-state index contributed by atoms with van der Waals surface area (Å²) in [5, 5.41) is 18.4. The van der Waals surface area contributed by atoms with Gasteiger partial charge in [0.25, 0.3) is 5.91 Å². The largest absolute Gasteiger partial charge is 0.508 e. The van der Waals surface area contributed by atoms with Crippen molar-refractivity contribution in [1.29, 1.82) is 0 Å². The highest BCUT2D eigenvalue weighted by Crippen LogP contribution is 2.24. The number of amidine groups is 1. The van der Waals surface area contributed by atoms with Gasteiger partial charge in [-0.3, -0.25) is 9.69 Å². The van der Waals surface area contributed by atoms with E-state index < -0.39 is 23.3 Å². The molecule has 0 unspecified atom stereocenters. The molecule has 0 fully saturated rings. The highest BCUT2D eigenvalue weighted by molar-refractivity contribution is 6.18. The van der Waals surface area contributed by atoms with Crippen LogP contribution in [0.25, 0.3) is 12.2 Å². The molecule has 1 aliphatic rings. The second-order valence-electron chi connectivity index (χ2n) is 5.62. The van der Waals surface area contributed by atoms with Crippen LogP contribution in [0.1, 0.15) is 11.1 Å². The van der Waals surface area contributed by atoms with Gasteiger partial charge < -0.3 is 10.2 Å². The molecule has 1 heterocycles. The topological polar surface area (TPSA) is 73.1 Å². The van der Waals surface area contributed by atoms with Gasteiger partial charge in [-0.05, 0) is 47.5 Å². The Morgan fingerprint density at radius 2 is 1.62 bits per heavy atom. The number of aromatic hydroxyl groups is 2. The molecule has 3 rings (SSSR count). The lowest BCUT2D eigenvalue weighted by Gasteiger charge is -2.07. The van der Waals surface area contributed by atoms with E-state index in [2.05, 4.69) is 4.99 Å². The molecule has 0 saturated carbocycles. The molecule has 0 atom stereocenters. The smallest absolute Gasteiger partial charge is 0.277 e. The summed E-state index contributed by atoms with van der Waals surface area (Å²) in [7, 11) is 1.53. The second-order valence-corrected chi connectivity index (χ2v) is 5.62. The summed E-state index contributed by atoms with van der Waals surface area (Å²) in [6, 6.07) is 8.29. The lowest BCUT2D eigenvalue weighted by molar-refractivity contribution is -0.121. The van der Waals surface area contributed by atoms with E-state index in [0.717, 1.165) is 17.7 Å². The van der Waals surface area contributed by atoms with Crippen LogP contribution in [0, 0.1) is 11.6 Å². The Morgan fingerprint density at radius 1 is 1.00 bits per heavy atom. The van der Waals surface area contributed by atoms with Crippen LogP contribution >= 0.6 is 0 Å². The van der Waals surface area contributed by atoms with Crippen molar-refractivity contribution in [2.45, 2.75) is 0 Å². The van der Waals surface area contributed by atoms with Crippen molar-refractivity contribution in [3.63, 3.8) is 0 Å². The average molecular weight is 356 g/mol. The maximum absolute atomic E-state index is 13.4. The zero-order valence-corrected chi connectivity index (χ0v) is 13.6. The summed E-state index contributed by atoms with van der Waals surface area (Å²) >= 11 is 0. The lowest BCUT2D eigenvalue weighted by atomic mass is 10.1. The quantitative estimate of drug-likeness (QED) is 0.829. The van der Waals surface area contributed by atoms with Crippen LogP contribution in [0.4, 0.5) is 8.78 Å². The number of likely N-dealkylation sites (N-methyl/N-ethyl adjacent to an activating group) is 1. The zero-order chi connectivity index (χ0) is 18.8. The van der Waals surface area contributed by atoms with Crippen LogP contribution < -0.4 is 0 Å². The van der Waals surface area contributed by atoms with Gasteiger partial charge in [0, 0.05) is 7.05 Å². The van der Waals surface area contributed by atoms with E-state index in [9.17, 15) is 18.7 Å². The Labute approximate surface area is 147 Å². The second kappa shape index (κ2) is 6.79. The number of phenols is 2. The predicted octanol–water partition coefficient (Wildman–Crippen LogP) is 3.30. The van der Waals surface area contributed by atoms with Crippen molar-refractivity contribution in [3.8, 4) is 11.5 Å². The number of aliphatic imine (C=N–C) groups is 1. The van der Waals surface area contributed by atoms with Crippen molar-refractivity contribution < 1.29 is 23.8 Å². The first kappa shape index (κ1) is 17.3. The number of benzene rings is 2. The molecule has 7 heteroatoms. The minimum absolute atomic E-state index is 0.0161. The highest BCUT2D eigenvalue weighted by atomic mass is 19.1. The van der Waals surface area contributed by atoms with Crippen LogP contribution in [0.3, 0.4) is 0 Å². The Bertz CT molecular complexity index is 940. The number of hydrogen-bond donors (Lipinski definition) is 2. The molecule has 1 aliphatic heterocycles. The van der Waals surface area contributed by atoms with Crippen molar-refractivity contribution in [3.05, 3.63) is 70.9 Å². The van der Waals surface area contributed by atoms with Gasteiger partial charge in [0.15, 0.2) is 17.4 Å². The van der Waals surface area contributed by atoms with E-state index in [1.807, 2.05) is 0 Å². The normalized spacial score (nSPS) is 16.0. The fraction of sp³-hybridized carbons (Fsp3) is 0.0526. The van der Waals surface area contributed by atoms with E-state index in [1.165, 1.54) is 30.2 Å². The summed E-state index contributed by atoms with van der Waals surface area (Å²) < 4.78 is 26.8. The molecule has 26 heavy (non-hydrogen) atoms. The fourth-order valence-corrected chi connectivity index (χ4v) is 2.35. The minimum Gasteiger partial charge on any atom is -0.508 e. The van der Waals surface area contributed by atoms with E-state index in [-0.39, 0.29) is 17.0 Å². The zero-order valence-electron chi connectivity index (χ0n) is 13.6. The molecule has 0 saturated heterocycles. The first-order chi connectivity index (χ1) is 12.3. The van der Waals surface area contributed by atoms with E-state index >= 15 is 0 Å². The van der Waals surface area contributed by atoms with Gasteiger partial charge in [0.2, 0.25) is 0 Å². The van der Waals surface area contributed by atoms with Crippen LogP contribution in [-0.2, 0) is 4.79 Å². The summed E-state index contributed by atoms with van der Waals surface area (Å²) in [6.45, 7) is 0. The predicted molar refractivity (Wildman–Crippen MR) is 93.3 cm³/mol. The van der Waals surface area contributed by atoms with E-state index in [1.54, 1.807) is 24.3 Å². The molecule has 5 nitrogen and oxygen atoms in total. The molecule has 0 radical (unpaired) electrons. The number of amides is 1. The summed E-state index contributed by atoms with van der Waals surface area (Å²) in [5.41, 5.74) is 0.885. The van der Waals surface area contributed by atoms with Crippen LogP contribution in [0.5, 0.6) is 11.5 Å². The third-order valence-electron chi connectivity index (χ3n) is 3.76. The number of halogens is 2. The van der Waals surface area contributed by atoms with Gasteiger partial charge in [-0.2, -0.15) is 0 Å². The van der Waals surface area contributed by atoms with Gasteiger partial charge in [-0.15, -0.1) is 0 Å². The van der Waals surface area contributed by atoms with Crippen LogP contribution in [-0.4, -0.2) is 33.9 Å². The van der Waals surface area contributed by atoms with Crippen LogP contribution in [0.2, 0.25) is 0 Å². The first-order valence-electron chi connectivity index (χ1n) is 7.59. The molecular weight excluding hydrogens is 342 g/mol. The molecule has 2 N–H and O–H groups in total. The molecule has 0 aliphatic carbocycles. The van der Waals surface area contributed by atoms with Crippen molar-refractivity contribution in [2.75, 3.05) is 7.05 Å². The summed E-state index contributed by atoms with van der Waals surface area (Å²) in [4.78, 5) is 17.7. The van der Waals surface area contributed by atoms with Crippen molar-refractivity contribution in [1.82, 2.24) is 4.90 Å². The number of carbonyl (C=O) groups is 1. The van der Waals surface area contributed by atoms with Gasteiger partial charge in [0.1, 0.15) is 17.3 Å². The Balaban J connectivity index is 1.89. The molecule has 2 aromatic rings.